The number of hydrogen-bond donors (Lipinski definition) is 1. The van der Waals surface area contributed by atoms with Crippen molar-refractivity contribution in [3.63, 3.8) is 0 Å². The number of methoxy groups -OCH3 is 2. The van der Waals surface area contributed by atoms with Crippen molar-refractivity contribution in [2.45, 2.75) is 0 Å². The maximum atomic E-state index is 13.4. The van der Waals surface area contributed by atoms with Gasteiger partial charge in [0.1, 0.15) is 11.5 Å². The molecule has 0 aromatic heterocycles. The first kappa shape index (κ1) is 22.2. The van der Waals surface area contributed by atoms with Crippen LogP contribution in [-0.2, 0) is 4.79 Å². The first-order valence-electron chi connectivity index (χ1n) is 9.93. The molecule has 0 unspecified atom stereocenters. The Hall–Kier alpha value is -4.04. The average Bonchev–Trinajstić information content (AvgIpc) is 3.13. The summed E-state index contributed by atoms with van der Waals surface area (Å²) in [5.41, 5.74) is 1.90. The average molecular weight is 461 g/mol. The smallest absolute Gasteiger partial charge is 0.335 e. The maximum Gasteiger partial charge on any atom is 0.335 e. The van der Waals surface area contributed by atoms with Crippen LogP contribution in [0.4, 0.5) is 11.4 Å². The number of aliphatic imine (C=N–C) groups is 1. The molecule has 1 N–H and O–H groups in total. The van der Waals surface area contributed by atoms with Crippen LogP contribution < -0.4 is 14.4 Å². The zero-order valence-corrected chi connectivity index (χ0v) is 18.7. The number of carboxylic acids is 1. The summed E-state index contributed by atoms with van der Waals surface area (Å²) in [7, 11) is 3.13. The number of thioether (sulfide) groups is 1. The highest BCUT2D eigenvalue weighted by atomic mass is 32.2. The number of nitrogens with zero attached hydrogens (tertiary/aromatic N) is 2. The predicted molar refractivity (Wildman–Crippen MR) is 130 cm³/mol. The summed E-state index contributed by atoms with van der Waals surface area (Å²) in [6.07, 6.45) is 1.74. The monoisotopic (exact) mass is 460 g/mol. The molecule has 0 atom stereocenters. The van der Waals surface area contributed by atoms with Crippen molar-refractivity contribution in [2.75, 3.05) is 19.1 Å². The van der Waals surface area contributed by atoms with Crippen LogP contribution >= 0.6 is 11.8 Å². The van der Waals surface area contributed by atoms with Gasteiger partial charge in [0.05, 0.1) is 36.1 Å². The van der Waals surface area contributed by atoms with Gasteiger partial charge in [0.2, 0.25) is 0 Å². The summed E-state index contributed by atoms with van der Waals surface area (Å²) < 4.78 is 10.7. The molecule has 0 saturated carbocycles. The lowest BCUT2D eigenvalue weighted by atomic mass is 10.1. The molecule has 33 heavy (non-hydrogen) atoms. The Kier molecular flexibility index (Phi) is 6.46. The van der Waals surface area contributed by atoms with Gasteiger partial charge in [-0.15, -0.1) is 0 Å². The molecule has 3 aromatic rings. The molecule has 0 spiro atoms. The van der Waals surface area contributed by atoms with E-state index in [1.807, 2.05) is 30.3 Å². The molecule has 1 amide bonds. The minimum Gasteiger partial charge on any atom is -0.497 e. The van der Waals surface area contributed by atoms with Crippen LogP contribution in [0.2, 0.25) is 0 Å². The highest BCUT2D eigenvalue weighted by molar-refractivity contribution is 8.19. The molecule has 1 aliphatic heterocycles. The third-order valence-electron chi connectivity index (χ3n) is 4.86. The molecule has 7 nitrogen and oxygen atoms in total. The Bertz CT molecular complexity index is 1270. The first-order valence-corrected chi connectivity index (χ1v) is 10.7. The number of hydrogen-bond acceptors (Lipinski definition) is 6. The van der Waals surface area contributed by atoms with Gasteiger partial charge in [-0.25, -0.2) is 9.79 Å². The van der Waals surface area contributed by atoms with Gasteiger partial charge in [-0.3, -0.25) is 9.69 Å². The number of rotatable bonds is 6. The number of para-hydroxylation sites is 1. The fourth-order valence-corrected chi connectivity index (χ4v) is 4.26. The van der Waals surface area contributed by atoms with Crippen molar-refractivity contribution < 1.29 is 24.2 Å². The standard InChI is InChI=1S/C25H20N2O5S/c1-31-20-11-12-21(32-2)17(14-20)15-22-23(28)27(19-9-4-3-5-10-19)25(33-22)26-18-8-6-7-16(13-18)24(29)30/h3-15H,1-2H3,(H,29,30)/b22-15-,26-25?. The van der Waals surface area contributed by atoms with Crippen molar-refractivity contribution in [1.29, 1.82) is 0 Å². The summed E-state index contributed by atoms with van der Waals surface area (Å²) in [5.74, 6) is -0.0538. The van der Waals surface area contributed by atoms with Crippen LogP contribution in [0.25, 0.3) is 6.08 Å². The molecule has 1 aliphatic rings. The lowest BCUT2D eigenvalue weighted by Gasteiger charge is -2.15. The number of carbonyl (C=O) groups excluding carboxylic acids is 1. The summed E-state index contributed by atoms with van der Waals surface area (Å²) in [6, 6.07) is 20.8. The van der Waals surface area contributed by atoms with E-state index in [1.54, 1.807) is 50.6 Å². The van der Waals surface area contributed by atoms with E-state index in [9.17, 15) is 14.7 Å². The molecule has 0 radical (unpaired) electrons. The largest absolute Gasteiger partial charge is 0.497 e. The molecule has 166 valence electrons. The van der Waals surface area contributed by atoms with Crippen molar-refractivity contribution in [2.24, 2.45) is 4.99 Å². The second-order valence-corrected chi connectivity index (χ2v) is 7.95. The van der Waals surface area contributed by atoms with Crippen LogP contribution in [0.1, 0.15) is 15.9 Å². The number of ether oxygens (including phenoxy) is 2. The number of aromatic carboxylic acids is 1. The van der Waals surface area contributed by atoms with Gasteiger partial charge in [0.15, 0.2) is 5.17 Å². The van der Waals surface area contributed by atoms with Crippen LogP contribution in [0, 0.1) is 0 Å². The number of carboxylic acid groups (broad SMARTS) is 1. The second kappa shape index (κ2) is 9.62. The van der Waals surface area contributed by atoms with Gasteiger partial charge in [0, 0.05) is 5.56 Å². The van der Waals surface area contributed by atoms with E-state index in [0.29, 0.717) is 38.5 Å². The molecule has 1 fully saturated rings. The topological polar surface area (TPSA) is 88.4 Å². The van der Waals surface area contributed by atoms with E-state index in [2.05, 4.69) is 4.99 Å². The quantitative estimate of drug-likeness (QED) is 0.508. The highest BCUT2D eigenvalue weighted by Crippen LogP contribution is 2.38. The zero-order chi connectivity index (χ0) is 23.4. The van der Waals surface area contributed by atoms with Crippen molar-refractivity contribution in [1.82, 2.24) is 0 Å². The molecule has 4 rings (SSSR count). The SMILES string of the molecule is COc1ccc(OC)c(/C=C2\SC(=Nc3cccc(C(=O)O)c3)N(c3ccccc3)C2=O)c1. The van der Waals surface area contributed by atoms with Crippen molar-refractivity contribution >= 4 is 46.3 Å². The van der Waals surface area contributed by atoms with Gasteiger partial charge in [0.25, 0.3) is 5.91 Å². The maximum absolute atomic E-state index is 13.4. The number of benzene rings is 3. The Morgan fingerprint density at radius 3 is 2.48 bits per heavy atom. The summed E-state index contributed by atoms with van der Waals surface area (Å²) in [5, 5.41) is 9.71. The minimum atomic E-state index is -1.04. The molecule has 3 aromatic carbocycles. The molecule has 0 aliphatic carbocycles. The van der Waals surface area contributed by atoms with E-state index in [1.165, 1.54) is 28.8 Å². The van der Waals surface area contributed by atoms with Crippen LogP contribution in [0.3, 0.4) is 0 Å². The number of carbonyl (C=O) groups is 2. The van der Waals surface area contributed by atoms with Gasteiger partial charge < -0.3 is 14.6 Å². The van der Waals surface area contributed by atoms with E-state index in [4.69, 9.17) is 9.47 Å². The first-order chi connectivity index (χ1) is 16.0. The van der Waals surface area contributed by atoms with E-state index >= 15 is 0 Å². The minimum absolute atomic E-state index is 0.120. The third kappa shape index (κ3) is 4.75. The Labute approximate surface area is 195 Å². The van der Waals surface area contributed by atoms with Gasteiger partial charge in [-0.2, -0.15) is 0 Å². The number of amides is 1. The number of amidine groups is 1. The Morgan fingerprint density at radius 1 is 1.00 bits per heavy atom. The predicted octanol–water partition coefficient (Wildman–Crippen LogP) is 5.21. The van der Waals surface area contributed by atoms with Crippen LogP contribution in [0.15, 0.2) is 82.7 Å². The van der Waals surface area contributed by atoms with Crippen LogP contribution in [0.5, 0.6) is 11.5 Å². The van der Waals surface area contributed by atoms with Gasteiger partial charge in [-0.05, 0) is 66.4 Å². The fraction of sp³-hybridized carbons (Fsp3) is 0.0800. The molecule has 0 bridgehead atoms. The second-order valence-electron chi connectivity index (χ2n) is 6.94. The molecular weight excluding hydrogens is 440 g/mol. The van der Waals surface area contributed by atoms with Gasteiger partial charge >= 0.3 is 5.97 Å². The normalized spacial score (nSPS) is 15.8. The summed E-state index contributed by atoms with van der Waals surface area (Å²) >= 11 is 1.20. The van der Waals surface area contributed by atoms with E-state index < -0.39 is 5.97 Å². The summed E-state index contributed by atoms with van der Waals surface area (Å²) in [4.78, 5) is 31.3. The molecule has 1 saturated heterocycles. The third-order valence-corrected chi connectivity index (χ3v) is 5.83. The lowest BCUT2D eigenvalue weighted by molar-refractivity contribution is -0.113. The Morgan fingerprint density at radius 2 is 1.79 bits per heavy atom. The van der Waals surface area contributed by atoms with Crippen molar-refractivity contribution in [3.8, 4) is 11.5 Å². The summed E-state index contributed by atoms with van der Waals surface area (Å²) in [6.45, 7) is 0. The van der Waals surface area contributed by atoms with Crippen molar-refractivity contribution in [3.05, 3.63) is 88.8 Å². The Balaban J connectivity index is 1.80. The van der Waals surface area contributed by atoms with E-state index in [-0.39, 0.29) is 11.5 Å². The lowest BCUT2D eigenvalue weighted by Crippen LogP contribution is -2.28. The molecule has 8 heteroatoms. The fourth-order valence-electron chi connectivity index (χ4n) is 3.27. The zero-order valence-electron chi connectivity index (χ0n) is 17.9. The molecular formula is C25H20N2O5S. The molecule has 1 heterocycles. The number of anilines is 1. The van der Waals surface area contributed by atoms with Crippen LogP contribution in [-0.4, -0.2) is 36.4 Å². The highest BCUT2D eigenvalue weighted by Gasteiger charge is 2.35. The van der Waals surface area contributed by atoms with Gasteiger partial charge in [-0.1, -0.05) is 24.3 Å². The van der Waals surface area contributed by atoms with E-state index in [0.717, 1.165) is 0 Å².